The molecule has 2 nitrogen and oxygen atoms in total. The SMILES string of the molecule is CCN(Cc1sccc1C)CC1CCCNC1. The first kappa shape index (κ1) is 13.1. The van der Waals surface area contributed by atoms with Crippen LogP contribution in [-0.4, -0.2) is 31.1 Å². The topological polar surface area (TPSA) is 15.3 Å². The van der Waals surface area contributed by atoms with Gasteiger partial charge in [0.1, 0.15) is 0 Å². The molecule has 0 amide bonds. The predicted octanol–water partition coefficient (Wildman–Crippen LogP) is 2.88. The van der Waals surface area contributed by atoms with Gasteiger partial charge in [-0.1, -0.05) is 6.92 Å². The van der Waals surface area contributed by atoms with E-state index in [4.69, 9.17) is 0 Å². The number of nitrogens with zero attached hydrogens (tertiary/aromatic N) is 1. The molecule has 1 aliphatic heterocycles. The van der Waals surface area contributed by atoms with Crippen LogP contribution < -0.4 is 5.32 Å². The lowest BCUT2D eigenvalue weighted by molar-refractivity contribution is 0.211. The number of nitrogens with one attached hydrogen (secondary N) is 1. The van der Waals surface area contributed by atoms with Crippen LogP contribution in [0.1, 0.15) is 30.2 Å². The molecule has 1 atom stereocenters. The highest BCUT2D eigenvalue weighted by Crippen LogP contribution is 2.19. The third kappa shape index (κ3) is 3.80. The first-order valence-electron chi connectivity index (χ1n) is 6.75. The van der Waals surface area contributed by atoms with E-state index in [0.29, 0.717) is 0 Å². The van der Waals surface area contributed by atoms with E-state index < -0.39 is 0 Å². The lowest BCUT2D eigenvalue weighted by Crippen LogP contribution is -2.38. The fourth-order valence-electron chi connectivity index (χ4n) is 2.52. The second-order valence-corrected chi connectivity index (χ2v) is 6.07. The van der Waals surface area contributed by atoms with Crippen molar-refractivity contribution >= 4 is 11.3 Å². The minimum atomic E-state index is 0.851. The van der Waals surface area contributed by atoms with Crippen molar-refractivity contribution in [3.63, 3.8) is 0 Å². The highest BCUT2D eigenvalue weighted by Gasteiger charge is 2.16. The van der Waals surface area contributed by atoms with Gasteiger partial charge >= 0.3 is 0 Å². The van der Waals surface area contributed by atoms with Crippen LogP contribution in [0.4, 0.5) is 0 Å². The zero-order chi connectivity index (χ0) is 12.1. The summed E-state index contributed by atoms with van der Waals surface area (Å²) < 4.78 is 0. The van der Waals surface area contributed by atoms with Crippen molar-refractivity contribution in [2.24, 2.45) is 5.92 Å². The van der Waals surface area contributed by atoms with Crippen molar-refractivity contribution in [1.82, 2.24) is 10.2 Å². The summed E-state index contributed by atoms with van der Waals surface area (Å²) in [5.74, 6) is 0.851. The summed E-state index contributed by atoms with van der Waals surface area (Å²) in [6, 6.07) is 2.23. The highest BCUT2D eigenvalue weighted by molar-refractivity contribution is 7.10. The molecule has 0 aromatic carbocycles. The summed E-state index contributed by atoms with van der Waals surface area (Å²) in [4.78, 5) is 4.13. The molecule has 0 radical (unpaired) electrons. The molecule has 1 saturated heterocycles. The van der Waals surface area contributed by atoms with Crippen LogP contribution in [0, 0.1) is 12.8 Å². The molecule has 1 aromatic heterocycles. The summed E-state index contributed by atoms with van der Waals surface area (Å²) in [7, 11) is 0. The Morgan fingerprint density at radius 3 is 3.00 bits per heavy atom. The molecule has 17 heavy (non-hydrogen) atoms. The second-order valence-electron chi connectivity index (χ2n) is 5.07. The van der Waals surface area contributed by atoms with Crippen molar-refractivity contribution in [3.8, 4) is 0 Å². The third-order valence-electron chi connectivity index (χ3n) is 3.70. The Bertz CT molecular complexity index is 329. The Kier molecular flexibility index (Phi) is 5.01. The van der Waals surface area contributed by atoms with Crippen LogP contribution in [0.5, 0.6) is 0 Å². The molecule has 0 aliphatic carbocycles. The van der Waals surface area contributed by atoms with Crippen LogP contribution in [0.25, 0.3) is 0 Å². The van der Waals surface area contributed by atoms with E-state index in [-0.39, 0.29) is 0 Å². The Labute approximate surface area is 109 Å². The molecule has 1 N–H and O–H groups in total. The van der Waals surface area contributed by atoms with Crippen molar-refractivity contribution in [3.05, 3.63) is 21.9 Å². The maximum atomic E-state index is 3.51. The van der Waals surface area contributed by atoms with Crippen LogP contribution >= 0.6 is 11.3 Å². The quantitative estimate of drug-likeness (QED) is 0.867. The molecule has 0 saturated carbocycles. The zero-order valence-electron chi connectivity index (χ0n) is 11.0. The van der Waals surface area contributed by atoms with Gasteiger partial charge in [-0.15, -0.1) is 11.3 Å². The van der Waals surface area contributed by atoms with Crippen LogP contribution in [0.3, 0.4) is 0 Å². The maximum Gasteiger partial charge on any atom is 0.0330 e. The van der Waals surface area contributed by atoms with Crippen LogP contribution in [-0.2, 0) is 6.54 Å². The van der Waals surface area contributed by atoms with Crippen molar-refractivity contribution in [2.75, 3.05) is 26.2 Å². The Hall–Kier alpha value is -0.380. The zero-order valence-corrected chi connectivity index (χ0v) is 11.9. The van der Waals surface area contributed by atoms with Crippen molar-refractivity contribution in [1.29, 1.82) is 0 Å². The number of aryl methyl sites for hydroxylation is 1. The number of hydrogen-bond donors (Lipinski definition) is 1. The fraction of sp³-hybridized carbons (Fsp3) is 0.714. The lowest BCUT2D eigenvalue weighted by atomic mass is 9.99. The van der Waals surface area contributed by atoms with Gasteiger partial charge in [0.25, 0.3) is 0 Å². The molecule has 1 fully saturated rings. The first-order valence-corrected chi connectivity index (χ1v) is 7.63. The molecular weight excluding hydrogens is 228 g/mol. The van der Waals surface area contributed by atoms with E-state index >= 15 is 0 Å². The highest BCUT2D eigenvalue weighted by atomic mass is 32.1. The average molecular weight is 252 g/mol. The van der Waals surface area contributed by atoms with Gasteiger partial charge in [0.05, 0.1) is 0 Å². The number of hydrogen-bond acceptors (Lipinski definition) is 3. The first-order chi connectivity index (χ1) is 8.29. The van der Waals surface area contributed by atoms with Gasteiger partial charge in [-0.3, -0.25) is 4.90 Å². The van der Waals surface area contributed by atoms with Gasteiger partial charge < -0.3 is 5.32 Å². The largest absolute Gasteiger partial charge is 0.316 e. The predicted molar refractivity (Wildman–Crippen MR) is 75.6 cm³/mol. The molecule has 0 bridgehead atoms. The Morgan fingerprint density at radius 1 is 1.53 bits per heavy atom. The van der Waals surface area contributed by atoms with Crippen LogP contribution in [0.15, 0.2) is 11.4 Å². The van der Waals surface area contributed by atoms with Gasteiger partial charge in [0.15, 0.2) is 0 Å². The molecule has 1 aromatic rings. The summed E-state index contributed by atoms with van der Waals surface area (Å²) in [6.07, 6.45) is 2.74. The standard InChI is InChI=1S/C14H24N2S/c1-3-16(10-13-5-4-7-15-9-13)11-14-12(2)6-8-17-14/h6,8,13,15H,3-5,7,9-11H2,1-2H3. The molecule has 96 valence electrons. The van der Waals surface area contributed by atoms with E-state index in [2.05, 4.69) is 35.5 Å². The monoisotopic (exact) mass is 252 g/mol. The normalized spacial score (nSPS) is 21.0. The van der Waals surface area contributed by atoms with E-state index in [1.54, 1.807) is 0 Å². The number of rotatable bonds is 5. The molecule has 3 heteroatoms. The van der Waals surface area contributed by atoms with Gasteiger partial charge in [0.2, 0.25) is 0 Å². The van der Waals surface area contributed by atoms with Crippen molar-refractivity contribution < 1.29 is 0 Å². The molecule has 1 unspecified atom stereocenters. The third-order valence-corrected chi connectivity index (χ3v) is 4.71. The lowest BCUT2D eigenvalue weighted by Gasteiger charge is -2.29. The summed E-state index contributed by atoms with van der Waals surface area (Å²) in [5, 5.41) is 5.72. The van der Waals surface area contributed by atoms with Gasteiger partial charge in [-0.05, 0) is 62.3 Å². The van der Waals surface area contributed by atoms with Gasteiger partial charge in [0, 0.05) is 18.0 Å². The molecule has 1 aliphatic rings. The average Bonchev–Trinajstić information content (AvgIpc) is 2.75. The Balaban J connectivity index is 1.85. The van der Waals surface area contributed by atoms with Crippen molar-refractivity contribution in [2.45, 2.75) is 33.2 Å². The smallest absolute Gasteiger partial charge is 0.0330 e. The summed E-state index contributed by atoms with van der Waals surface area (Å²) in [5.41, 5.74) is 1.45. The van der Waals surface area contributed by atoms with Crippen LogP contribution in [0.2, 0.25) is 0 Å². The van der Waals surface area contributed by atoms with E-state index in [1.807, 2.05) is 11.3 Å². The molecule has 2 heterocycles. The summed E-state index contributed by atoms with van der Waals surface area (Å²) >= 11 is 1.90. The molecular formula is C14H24N2S. The second kappa shape index (κ2) is 6.53. The summed E-state index contributed by atoms with van der Waals surface area (Å²) in [6.45, 7) is 10.5. The van der Waals surface area contributed by atoms with E-state index in [0.717, 1.165) is 19.0 Å². The Morgan fingerprint density at radius 2 is 2.41 bits per heavy atom. The fourth-order valence-corrected chi connectivity index (χ4v) is 3.47. The molecule has 0 spiro atoms. The van der Waals surface area contributed by atoms with E-state index in [1.165, 1.54) is 42.9 Å². The molecule has 2 rings (SSSR count). The minimum absolute atomic E-state index is 0.851. The number of thiophene rings is 1. The van der Waals surface area contributed by atoms with E-state index in [9.17, 15) is 0 Å². The minimum Gasteiger partial charge on any atom is -0.316 e. The maximum absolute atomic E-state index is 3.51. The number of piperidine rings is 1. The van der Waals surface area contributed by atoms with Gasteiger partial charge in [-0.25, -0.2) is 0 Å². The van der Waals surface area contributed by atoms with Gasteiger partial charge in [-0.2, -0.15) is 0 Å².